The van der Waals surface area contributed by atoms with Gasteiger partial charge in [0.05, 0.1) is 0 Å². The summed E-state index contributed by atoms with van der Waals surface area (Å²) in [6.45, 7) is 0. The molecule has 0 amide bonds. The second kappa shape index (κ2) is 4.72. The van der Waals surface area contributed by atoms with E-state index >= 15 is 0 Å². The standard InChI is InChI=1S/C16H7N8O2/c1-3-19-14-11(17-1)10-8(25-14)6-24(7-22-10)9-5-21-13-12-15(20-4-2-18-12)26-16(13)23-9/h1-7H/q+1. The Morgan fingerprint density at radius 3 is 2.19 bits per heavy atom. The Kier molecular flexibility index (Phi) is 2.41. The van der Waals surface area contributed by atoms with Gasteiger partial charge in [0.1, 0.15) is 12.4 Å². The van der Waals surface area contributed by atoms with Gasteiger partial charge in [-0.3, -0.25) is 0 Å². The molecule has 0 aliphatic carbocycles. The van der Waals surface area contributed by atoms with E-state index in [9.17, 15) is 0 Å². The molecule has 6 heterocycles. The minimum absolute atomic E-state index is 0.351. The summed E-state index contributed by atoms with van der Waals surface area (Å²) in [6.07, 6.45) is 11.3. The van der Waals surface area contributed by atoms with Crippen molar-refractivity contribution in [1.29, 1.82) is 0 Å². The van der Waals surface area contributed by atoms with E-state index in [4.69, 9.17) is 8.83 Å². The van der Waals surface area contributed by atoms with Crippen LogP contribution in [0.25, 0.3) is 50.6 Å². The summed E-state index contributed by atoms with van der Waals surface area (Å²) in [4.78, 5) is 30.1. The highest BCUT2D eigenvalue weighted by atomic mass is 16.4. The second-order valence-corrected chi connectivity index (χ2v) is 5.50. The molecule has 0 saturated carbocycles. The maximum atomic E-state index is 5.70. The highest BCUT2D eigenvalue weighted by Crippen LogP contribution is 2.23. The van der Waals surface area contributed by atoms with Crippen molar-refractivity contribution in [1.82, 2.24) is 34.9 Å². The number of aromatic nitrogens is 8. The van der Waals surface area contributed by atoms with Crippen LogP contribution in [0.2, 0.25) is 0 Å². The summed E-state index contributed by atoms with van der Waals surface area (Å²) in [7, 11) is 0. The summed E-state index contributed by atoms with van der Waals surface area (Å²) < 4.78 is 13.0. The van der Waals surface area contributed by atoms with Gasteiger partial charge in [0.25, 0.3) is 11.5 Å². The van der Waals surface area contributed by atoms with E-state index in [-0.39, 0.29) is 0 Å². The fourth-order valence-electron chi connectivity index (χ4n) is 2.82. The van der Waals surface area contributed by atoms with Crippen LogP contribution in [0.4, 0.5) is 0 Å². The third-order valence-electron chi connectivity index (χ3n) is 3.97. The van der Waals surface area contributed by atoms with Gasteiger partial charge in [-0.25, -0.2) is 29.5 Å². The molecule has 6 aromatic heterocycles. The van der Waals surface area contributed by atoms with Crippen molar-refractivity contribution in [2.24, 2.45) is 0 Å². The average molecular weight is 343 g/mol. The van der Waals surface area contributed by atoms with Crippen molar-refractivity contribution in [2.45, 2.75) is 0 Å². The van der Waals surface area contributed by atoms with Crippen LogP contribution in [0.3, 0.4) is 0 Å². The first-order valence-electron chi connectivity index (χ1n) is 7.64. The predicted molar refractivity (Wildman–Crippen MR) is 87.1 cm³/mol. The normalized spacial score (nSPS) is 11.8. The maximum Gasteiger partial charge on any atom is 0.325 e. The number of hydrogen-bond acceptors (Lipinski definition) is 9. The number of rotatable bonds is 1. The molecule has 0 radical (unpaired) electrons. The molecule has 0 bridgehead atoms. The van der Waals surface area contributed by atoms with E-state index in [1.54, 1.807) is 48.1 Å². The van der Waals surface area contributed by atoms with Crippen molar-refractivity contribution in [3.8, 4) is 5.82 Å². The lowest BCUT2D eigenvalue weighted by Crippen LogP contribution is -2.31. The fraction of sp³-hybridized carbons (Fsp3) is 0. The third kappa shape index (κ3) is 1.75. The molecule has 6 aromatic rings. The lowest BCUT2D eigenvalue weighted by molar-refractivity contribution is -0.601. The predicted octanol–water partition coefficient (Wildman–Crippen LogP) is 1.53. The largest absolute Gasteiger partial charge is 0.430 e. The zero-order chi connectivity index (χ0) is 17.1. The maximum absolute atomic E-state index is 5.70. The summed E-state index contributed by atoms with van der Waals surface area (Å²) in [5, 5.41) is 0. The van der Waals surface area contributed by atoms with Crippen LogP contribution in [-0.2, 0) is 0 Å². The van der Waals surface area contributed by atoms with Gasteiger partial charge in [-0.05, 0) is 0 Å². The van der Waals surface area contributed by atoms with Crippen LogP contribution >= 0.6 is 0 Å². The first kappa shape index (κ1) is 13.2. The Hall–Kier alpha value is -4.08. The molecular weight excluding hydrogens is 336 g/mol. The Bertz CT molecular complexity index is 1340. The zero-order valence-electron chi connectivity index (χ0n) is 12.9. The third-order valence-corrected chi connectivity index (χ3v) is 3.97. The number of furan rings is 2. The van der Waals surface area contributed by atoms with Crippen molar-refractivity contribution in [3.63, 3.8) is 0 Å². The molecule has 0 fully saturated rings. The highest BCUT2D eigenvalue weighted by molar-refractivity contribution is 5.97. The summed E-state index contributed by atoms with van der Waals surface area (Å²) in [5.41, 5.74) is 4.11. The van der Waals surface area contributed by atoms with Crippen LogP contribution in [0, 0.1) is 0 Å². The van der Waals surface area contributed by atoms with Crippen molar-refractivity contribution in [3.05, 3.63) is 43.5 Å². The monoisotopic (exact) mass is 343 g/mol. The van der Waals surface area contributed by atoms with Crippen LogP contribution in [-0.4, -0.2) is 34.9 Å². The molecular formula is C16H7N8O2+. The van der Waals surface area contributed by atoms with Gasteiger partial charge < -0.3 is 8.83 Å². The van der Waals surface area contributed by atoms with Gasteiger partial charge in [0.2, 0.25) is 23.1 Å². The average Bonchev–Trinajstić information content (AvgIpc) is 3.24. The van der Waals surface area contributed by atoms with E-state index in [0.29, 0.717) is 50.6 Å². The van der Waals surface area contributed by atoms with Crippen molar-refractivity contribution in [2.75, 3.05) is 0 Å². The van der Waals surface area contributed by atoms with Gasteiger partial charge in [-0.1, -0.05) is 4.98 Å². The van der Waals surface area contributed by atoms with Gasteiger partial charge >= 0.3 is 5.71 Å². The minimum Gasteiger partial charge on any atom is -0.430 e. The molecule has 0 aliphatic rings. The molecule has 0 aromatic carbocycles. The Labute approximate surface area is 143 Å². The van der Waals surface area contributed by atoms with Crippen LogP contribution in [0.15, 0.2) is 52.3 Å². The summed E-state index contributed by atoms with van der Waals surface area (Å²) >= 11 is 0. The fourth-order valence-corrected chi connectivity index (χ4v) is 2.82. The van der Waals surface area contributed by atoms with E-state index in [1.807, 2.05) is 0 Å². The number of hydrogen-bond donors (Lipinski definition) is 0. The lowest BCUT2D eigenvalue weighted by atomic mass is 10.4. The van der Waals surface area contributed by atoms with Crippen LogP contribution in [0.5, 0.6) is 0 Å². The molecule has 0 atom stereocenters. The molecule has 10 nitrogen and oxygen atoms in total. The molecule has 0 N–H and O–H groups in total. The Morgan fingerprint density at radius 2 is 1.35 bits per heavy atom. The number of fused-ring (bicyclic) bond motifs is 6. The van der Waals surface area contributed by atoms with E-state index in [1.165, 1.54) is 0 Å². The van der Waals surface area contributed by atoms with Crippen molar-refractivity contribution < 1.29 is 13.4 Å². The van der Waals surface area contributed by atoms with Crippen LogP contribution in [0.1, 0.15) is 0 Å². The second-order valence-electron chi connectivity index (χ2n) is 5.50. The molecule has 122 valence electrons. The van der Waals surface area contributed by atoms with Gasteiger partial charge in [0.15, 0.2) is 16.6 Å². The molecule has 6 rings (SSSR count). The van der Waals surface area contributed by atoms with Gasteiger partial charge in [0, 0.05) is 24.8 Å². The summed E-state index contributed by atoms with van der Waals surface area (Å²) in [6, 6.07) is 0. The van der Waals surface area contributed by atoms with Gasteiger partial charge in [-0.15, -0.1) is 4.98 Å². The SMILES string of the molecule is c1cnc2c(n1)oc1c[n+](-c3cnc4c(n3)oc3nccnc34)cnc12. The minimum atomic E-state index is 0.351. The first-order chi connectivity index (χ1) is 12.9. The summed E-state index contributed by atoms with van der Waals surface area (Å²) in [5.74, 6) is 0.521. The van der Waals surface area contributed by atoms with Crippen LogP contribution < -0.4 is 4.57 Å². The highest BCUT2D eigenvalue weighted by Gasteiger charge is 2.19. The number of nitrogens with zero attached hydrogens (tertiary/aromatic N) is 8. The molecule has 0 spiro atoms. The van der Waals surface area contributed by atoms with E-state index < -0.39 is 0 Å². The first-order valence-corrected chi connectivity index (χ1v) is 7.64. The Balaban J connectivity index is 1.57. The molecule has 0 aliphatic heterocycles. The smallest absolute Gasteiger partial charge is 0.325 e. The molecule has 0 unspecified atom stereocenters. The van der Waals surface area contributed by atoms with Crippen molar-refractivity contribution >= 4 is 44.8 Å². The molecule has 0 saturated heterocycles. The topological polar surface area (TPSA) is 120 Å². The zero-order valence-corrected chi connectivity index (χ0v) is 12.9. The van der Waals surface area contributed by atoms with E-state index in [2.05, 4.69) is 34.9 Å². The van der Waals surface area contributed by atoms with E-state index in [0.717, 1.165) is 0 Å². The quantitative estimate of drug-likeness (QED) is 0.409. The Morgan fingerprint density at radius 1 is 0.654 bits per heavy atom. The lowest BCUT2D eigenvalue weighted by Gasteiger charge is -1.95. The molecule has 10 heteroatoms. The molecule has 26 heavy (non-hydrogen) atoms. The van der Waals surface area contributed by atoms with Gasteiger partial charge in [-0.2, -0.15) is 0 Å².